The summed E-state index contributed by atoms with van der Waals surface area (Å²) < 4.78 is 24.2. The van der Waals surface area contributed by atoms with E-state index >= 15 is 0 Å². The van der Waals surface area contributed by atoms with Crippen molar-refractivity contribution in [1.82, 2.24) is 0 Å². The summed E-state index contributed by atoms with van der Waals surface area (Å²) in [6, 6.07) is 2.86. The predicted molar refractivity (Wildman–Crippen MR) is 42.7 cm³/mol. The maximum absolute atomic E-state index is 12.1. The molecule has 0 heterocycles. The SMILES string of the molecule is CC.Fc1cc(F)cc(Cl)c1. The van der Waals surface area contributed by atoms with E-state index in [0.717, 1.165) is 18.2 Å². The van der Waals surface area contributed by atoms with Gasteiger partial charge in [-0.05, 0) is 12.1 Å². The first-order valence-corrected chi connectivity index (χ1v) is 3.68. The van der Waals surface area contributed by atoms with Crippen molar-refractivity contribution in [2.24, 2.45) is 0 Å². The number of hydrogen-bond acceptors (Lipinski definition) is 0. The molecule has 1 aromatic carbocycles. The second-order valence-electron chi connectivity index (χ2n) is 1.59. The summed E-state index contributed by atoms with van der Waals surface area (Å²) in [7, 11) is 0. The van der Waals surface area contributed by atoms with Crippen LogP contribution >= 0.6 is 11.6 Å². The van der Waals surface area contributed by atoms with E-state index in [9.17, 15) is 8.78 Å². The number of rotatable bonds is 0. The van der Waals surface area contributed by atoms with Gasteiger partial charge in [0, 0.05) is 11.1 Å². The van der Waals surface area contributed by atoms with Crippen LogP contribution in [0.5, 0.6) is 0 Å². The molecule has 0 spiro atoms. The molecular formula is C8H9ClF2. The molecule has 0 aliphatic heterocycles. The first kappa shape index (κ1) is 10.4. The zero-order chi connectivity index (χ0) is 8.85. The Balaban J connectivity index is 0.000000461. The van der Waals surface area contributed by atoms with Crippen LogP contribution in [0.4, 0.5) is 8.78 Å². The fourth-order valence-electron chi connectivity index (χ4n) is 0.520. The Kier molecular flexibility index (Phi) is 4.79. The Bertz CT molecular complexity index is 173. The molecule has 3 heteroatoms. The highest BCUT2D eigenvalue weighted by atomic mass is 35.5. The third kappa shape index (κ3) is 3.94. The molecule has 0 saturated heterocycles. The predicted octanol–water partition coefficient (Wildman–Crippen LogP) is 3.64. The van der Waals surface area contributed by atoms with Crippen molar-refractivity contribution in [3.63, 3.8) is 0 Å². The molecule has 11 heavy (non-hydrogen) atoms. The van der Waals surface area contributed by atoms with Crippen LogP contribution in [0, 0.1) is 11.6 Å². The van der Waals surface area contributed by atoms with E-state index in [2.05, 4.69) is 0 Å². The van der Waals surface area contributed by atoms with Crippen LogP contribution in [-0.4, -0.2) is 0 Å². The van der Waals surface area contributed by atoms with Gasteiger partial charge in [-0.2, -0.15) is 0 Å². The van der Waals surface area contributed by atoms with Crippen LogP contribution in [0.25, 0.3) is 0 Å². The van der Waals surface area contributed by atoms with Crippen LogP contribution in [0.3, 0.4) is 0 Å². The van der Waals surface area contributed by atoms with Crippen LogP contribution in [0.15, 0.2) is 18.2 Å². The number of halogens is 3. The Morgan fingerprint density at radius 3 is 1.64 bits per heavy atom. The van der Waals surface area contributed by atoms with Crippen molar-refractivity contribution >= 4 is 11.6 Å². The molecule has 0 bridgehead atoms. The van der Waals surface area contributed by atoms with Gasteiger partial charge < -0.3 is 0 Å². The lowest BCUT2D eigenvalue weighted by atomic mass is 10.3. The Labute approximate surface area is 69.8 Å². The zero-order valence-electron chi connectivity index (χ0n) is 6.37. The minimum Gasteiger partial charge on any atom is -0.207 e. The second kappa shape index (κ2) is 5.08. The van der Waals surface area contributed by atoms with Crippen molar-refractivity contribution in [3.05, 3.63) is 34.9 Å². The van der Waals surface area contributed by atoms with Crippen molar-refractivity contribution in [3.8, 4) is 0 Å². The molecule has 0 aliphatic carbocycles. The van der Waals surface area contributed by atoms with E-state index in [-0.39, 0.29) is 5.02 Å². The van der Waals surface area contributed by atoms with E-state index in [1.165, 1.54) is 0 Å². The molecule has 0 aliphatic rings. The van der Waals surface area contributed by atoms with Crippen molar-refractivity contribution in [2.75, 3.05) is 0 Å². The molecule has 0 saturated carbocycles. The van der Waals surface area contributed by atoms with Crippen LogP contribution in [0.2, 0.25) is 5.02 Å². The molecule has 0 nitrogen and oxygen atoms in total. The van der Waals surface area contributed by atoms with E-state index in [1.54, 1.807) is 0 Å². The monoisotopic (exact) mass is 178 g/mol. The number of benzene rings is 1. The van der Waals surface area contributed by atoms with Crippen molar-refractivity contribution < 1.29 is 8.78 Å². The molecule has 0 aromatic heterocycles. The van der Waals surface area contributed by atoms with Gasteiger partial charge in [0.2, 0.25) is 0 Å². The minimum absolute atomic E-state index is 0.0764. The molecule has 0 N–H and O–H groups in total. The van der Waals surface area contributed by atoms with Gasteiger partial charge in [0.25, 0.3) is 0 Å². The molecule has 62 valence electrons. The Morgan fingerprint density at radius 2 is 1.36 bits per heavy atom. The van der Waals surface area contributed by atoms with Crippen molar-refractivity contribution in [1.29, 1.82) is 0 Å². The lowest BCUT2D eigenvalue weighted by molar-refractivity contribution is 0.583. The molecule has 0 radical (unpaired) electrons. The molecule has 0 fully saturated rings. The third-order valence-electron chi connectivity index (χ3n) is 0.827. The standard InChI is InChI=1S/C6H3ClF2.C2H6/c7-4-1-5(8)3-6(9)2-4;1-2/h1-3H;1-2H3. The average Bonchev–Trinajstić information content (AvgIpc) is 1.88. The molecule has 0 unspecified atom stereocenters. The van der Waals surface area contributed by atoms with Crippen LogP contribution in [0.1, 0.15) is 13.8 Å². The van der Waals surface area contributed by atoms with Gasteiger partial charge in [0.1, 0.15) is 11.6 Å². The maximum Gasteiger partial charge on any atom is 0.127 e. The van der Waals surface area contributed by atoms with Gasteiger partial charge in [-0.15, -0.1) is 0 Å². The molecule has 1 rings (SSSR count). The molecular weight excluding hydrogens is 170 g/mol. The van der Waals surface area contributed by atoms with Gasteiger partial charge >= 0.3 is 0 Å². The quantitative estimate of drug-likeness (QED) is 0.569. The summed E-state index contributed by atoms with van der Waals surface area (Å²) in [6.45, 7) is 4.00. The van der Waals surface area contributed by atoms with Gasteiger partial charge in [-0.25, -0.2) is 8.78 Å². The highest BCUT2D eigenvalue weighted by Gasteiger charge is 1.95. The lowest BCUT2D eigenvalue weighted by Crippen LogP contribution is -1.76. The summed E-state index contributed by atoms with van der Waals surface area (Å²) >= 11 is 5.27. The van der Waals surface area contributed by atoms with Gasteiger partial charge in [-0.3, -0.25) is 0 Å². The van der Waals surface area contributed by atoms with Crippen LogP contribution in [-0.2, 0) is 0 Å². The summed E-state index contributed by atoms with van der Waals surface area (Å²) in [5.41, 5.74) is 0. The average molecular weight is 179 g/mol. The Hall–Kier alpha value is -0.630. The Morgan fingerprint density at radius 1 is 1.00 bits per heavy atom. The first-order valence-electron chi connectivity index (χ1n) is 3.30. The topological polar surface area (TPSA) is 0 Å². The van der Waals surface area contributed by atoms with Gasteiger partial charge in [0.05, 0.1) is 0 Å². The second-order valence-corrected chi connectivity index (χ2v) is 2.02. The zero-order valence-corrected chi connectivity index (χ0v) is 7.12. The molecule has 1 aromatic rings. The minimum atomic E-state index is -0.653. The first-order chi connectivity index (χ1) is 5.18. The molecule has 0 atom stereocenters. The van der Waals surface area contributed by atoms with E-state index < -0.39 is 11.6 Å². The van der Waals surface area contributed by atoms with E-state index in [4.69, 9.17) is 11.6 Å². The number of hydrogen-bond donors (Lipinski definition) is 0. The van der Waals surface area contributed by atoms with Crippen LogP contribution < -0.4 is 0 Å². The highest BCUT2D eigenvalue weighted by Crippen LogP contribution is 2.11. The summed E-state index contributed by atoms with van der Waals surface area (Å²) in [6.07, 6.45) is 0. The molecule has 0 amide bonds. The third-order valence-corrected chi connectivity index (χ3v) is 1.05. The highest BCUT2D eigenvalue weighted by molar-refractivity contribution is 6.30. The largest absolute Gasteiger partial charge is 0.207 e. The summed E-state index contributed by atoms with van der Waals surface area (Å²) in [5.74, 6) is -1.31. The van der Waals surface area contributed by atoms with Gasteiger partial charge in [-0.1, -0.05) is 25.4 Å². The fourth-order valence-corrected chi connectivity index (χ4v) is 0.729. The normalized spacial score (nSPS) is 8.45. The fraction of sp³-hybridized carbons (Fsp3) is 0.250. The maximum atomic E-state index is 12.1. The van der Waals surface area contributed by atoms with Crippen molar-refractivity contribution in [2.45, 2.75) is 13.8 Å². The van der Waals surface area contributed by atoms with E-state index in [1.807, 2.05) is 13.8 Å². The van der Waals surface area contributed by atoms with Gasteiger partial charge in [0.15, 0.2) is 0 Å². The smallest absolute Gasteiger partial charge is 0.127 e. The summed E-state index contributed by atoms with van der Waals surface area (Å²) in [4.78, 5) is 0. The lowest BCUT2D eigenvalue weighted by Gasteiger charge is -1.89. The summed E-state index contributed by atoms with van der Waals surface area (Å²) in [5, 5.41) is 0.0764. The van der Waals surface area contributed by atoms with E-state index in [0.29, 0.717) is 0 Å².